The maximum Gasteiger partial charge on any atom is 0.0886 e. The van der Waals surface area contributed by atoms with Crippen LogP contribution >= 0.6 is 0 Å². The van der Waals surface area contributed by atoms with Crippen molar-refractivity contribution in [3.63, 3.8) is 0 Å². The van der Waals surface area contributed by atoms with Crippen LogP contribution in [0.2, 0.25) is 0 Å². The summed E-state index contributed by atoms with van der Waals surface area (Å²) in [5.74, 6) is 0. The molecule has 0 fully saturated rings. The van der Waals surface area contributed by atoms with Crippen molar-refractivity contribution in [2.45, 2.75) is 0 Å². The molecule has 1 aromatic carbocycles. The molecule has 0 atom stereocenters. The second-order valence-electron chi connectivity index (χ2n) is 4.16. The zero-order valence-electron chi connectivity index (χ0n) is 10.7. The van der Waals surface area contributed by atoms with Gasteiger partial charge in [0.15, 0.2) is 0 Å². The van der Waals surface area contributed by atoms with Crippen molar-refractivity contribution in [3.8, 4) is 0 Å². The van der Waals surface area contributed by atoms with Crippen LogP contribution in [0.4, 0.5) is 0 Å². The van der Waals surface area contributed by atoms with Gasteiger partial charge in [0.2, 0.25) is 0 Å². The average Bonchev–Trinajstić information content (AvgIpc) is 2.56. The molecule has 0 spiro atoms. The zero-order valence-corrected chi connectivity index (χ0v) is 10.7. The summed E-state index contributed by atoms with van der Waals surface area (Å²) in [5.41, 5.74) is 1.90. The molecule has 20 heavy (non-hydrogen) atoms. The van der Waals surface area contributed by atoms with Gasteiger partial charge in [-0.25, -0.2) is 0 Å². The lowest BCUT2D eigenvalue weighted by atomic mass is 10.2. The van der Waals surface area contributed by atoms with Gasteiger partial charge < -0.3 is 0 Å². The predicted molar refractivity (Wildman–Crippen MR) is 79.1 cm³/mol. The van der Waals surface area contributed by atoms with Crippen LogP contribution in [0.25, 0.3) is 21.8 Å². The van der Waals surface area contributed by atoms with Crippen molar-refractivity contribution in [1.82, 2.24) is 20.2 Å². The van der Waals surface area contributed by atoms with Gasteiger partial charge in [0.1, 0.15) is 0 Å². The Morgan fingerprint density at radius 3 is 1.55 bits per heavy atom. The van der Waals surface area contributed by atoms with Gasteiger partial charge in [-0.05, 0) is 24.3 Å². The minimum atomic E-state index is 0.949. The zero-order chi connectivity index (χ0) is 13.6. The highest BCUT2D eigenvalue weighted by molar-refractivity contribution is 5.80. The van der Waals surface area contributed by atoms with E-state index in [9.17, 15) is 0 Å². The van der Waals surface area contributed by atoms with Gasteiger partial charge in [0, 0.05) is 23.2 Å². The summed E-state index contributed by atoms with van der Waals surface area (Å²) < 4.78 is 0. The van der Waals surface area contributed by atoms with E-state index in [4.69, 9.17) is 0 Å². The highest BCUT2D eigenvalue weighted by Crippen LogP contribution is 2.08. The van der Waals surface area contributed by atoms with E-state index < -0.39 is 0 Å². The van der Waals surface area contributed by atoms with E-state index in [1.165, 1.54) is 0 Å². The number of fused-ring (bicyclic) bond motifs is 2. The Hall–Kier alpha value is -2.88. The molecule has 0 aliphatic carbocycles. The summed E-state index contributed by atoms with van der Waals surface area (Å²) in [6.07, 6.45) is 7.05. The number of nitrogens with zero attached hydrogens (tertiary/aromatic N) is 4. The van der Waals surface area contributed by atoms with Crippen molar-refractivity contribution in [1.29, 1.82) is 0 Å². The van der Waals surface area contributed by atoms with E-state index in [0.29, 0.717) is 0 Å². The number of hydrogen-bond acceptors (Lipinski definition) is 4. The molecular formula is C16H12N4. The van der Waals surface area contributed by atoms with E-state index in [1.54, 1.807) is 24.8 Å². The molecule has 0 N–H and O–H groups in total. The molecule has 3 aromatic heterocycles. The third kappa shape index (κ3) is 2.75. The minimum Gasteiger partial charge on any atom is -0.255 e. The van der Waals surface area contributed by atoms with Crippen LogP contribution in [0.1, 0.15) is 0 Å². The van der Waals surface area contributed by atoms with E-state index >= 15 is 0 Å². The number of pyridine rings is 2. The van der Waals surface area contributed by atoms with Crippen LogP contribution in [0, 0.1) is 0 Å². The fourth-order valence-corrected chi connectivity index (χ4v) is 1.84. The molecule has 0 saturated heterocycles. The molecule has 3 heterocycles. The first-order valence-electron chi connectivity index (χ1n) is 6.25. The second kappa shape index (κ2) is 5.84. The van der Waals surface area contributed by atoms with Gasteiger partial charge >= 0.3 is 0 Å². The highest BCUT2D eigenvalue weighted by atomic mass is 15.1. The first kappa shape index (κ1) is 12.2. The lowest BCUT2D eigenvalue weighted by Crippen LogP contribution is -1.78. The van der Waals surface area contributed by atoms with Crippen molar-refractivity contribution < 1.29 is 0 Å². The predicted octanol–water partition coefficient (Wildman–Crippen LogP) is 3.26. The van der Waals surface area contributed by atoms with Crippen LogP contribution in [-0.2, 0) is 0 Å². The molecule has 0 unspecified atom stereocenters. The summed E-state index contributed by atoms with van der Waals surface area (Å²) in [6.45, 7) is 0. The number of rotatable bonds is 0. The SMILES string of the molecule is c1ccc2cnncc2c1.c1cnc2cccnc2c1. The monoisotopic (exact) mass is 260 g/mol. The van der Waals surface area contributed by atoms with Crippen LogP contribution < -0.4 is 0 Å². The first-order chi connectivity index (χ1) is 9.93. The van der Waals surface area contributed by atoms with Crippen molar-refractivity contribution in [2.24, 2.45) is 0 Å². The fraction of sp³-hybridized carbons (Fsp3) is 0. The average molecular weight is 260 g/mol. The molecule has 0 bridgehead atoms. The summed E-state index contributed by atoms with van der Waals surface area (Å²) in [6, 6.07) is 15.7. The van der Waals surface area contributed by atoms with E-state index in [-0.39, 0.29) is 0 Å². The number of hydrogen-bond donors (Lipinski definition) is 0. The van der Waals surface area contributed by atoms with Crippen molar-refractivity contribution >= 4 is 21.8 Å². The van der Waals surface area contributed by atoms with Crippen LogP contribution in [0.15, 0.2) is 73.3 Å². The van der Waals surface area contributed by atoms with Crippen molar-refractivity contribution in [2.75, 3.05) is 0 Å². The molecule has 96 valence electrons. The topological polar surface area (TPSA) is 51.6 Å². The quantitative estimate of drug-likeness (QED) is 0.487. The molecule has 0 aliphatic rings. The molecule has 4 nitrogen and oxygen atoms in total. The molecule has 0 radical (unpaired) electrons. The smallest absolute Gasteiger partial charge is 0.0886 e. The van der Waals surface area contributed by atoms with E-state index in [0.717, 1.165) is 21.8 Å². The Morgan fingerprint density at radius 1 is 0.550 bits per heavy atom. The summed E-state index contributed by atoms with van der Waals surface area (Å²) in [5, 5.41) is 9.80. The molecule has 0 aliphatic heterocycles. The Bertz CT molecular complexity index is 628. The maximum absolute atomic E-state index is 4.12. The molecule has 0 saturated carbocycles. The molecule has 4 rings (SSSR count). The van der Waals surface area contributed by atoms with Crippen LogP contribution in [0.3, 0.4) is 0 Å². The minimum absolute atomic E-state index is 0.949. The Kier molecular flexibility index (Phi) is 3.55. The fourth-order valence-electron chi connectivity index (χ4n) is 1.84. The van der Waals surface area contributed by atoms with Gasteiger partial charge in [-0.2, -0.15) is 10.2 Å². The lowest BCUT2D eigenvalue weighted by Gasteiger charge is -1.90. The van der Waals surface area contributed by atoms with Crippen LogP contribution in [0.5, 0.6) is 0 Å². The van der Waals surface area contributed by atoms with Gasteiger partial charge in [-0.15, -0.1) is 0 Å². The summed E-state index contributed by atoms with van der Waals surface area (Å²) >= 11 is 0. The van der Waals surface area contributed by atoms with Crippen molar-refractivity contribution in [3.05, 3.63) is 73.3 Å². The Morgan fingerprint density at radius 2 is 1.05 bits per heavy atom. The van der Waals surface area contributed by atoms with E-state index in [2.05, 4.69) is 20.2 Å². The normalized spacial score (nSPS) is 10.0. The maximum atomic E-state index is 4.12. The van der Waals surface area contributed by atoms with Gasteiger partial charge in [0.05, 0.1) is 23.4 Å². The number of benzene rings is 1. The first-order valence-corrected chi connectivity index (χ1v) is 6.25. The third-order valence-electron chi connectivity index (χ3n) is 2.83. The third-order valence-corrected chi connectivity index (χ3v) is 2.83. The largest absolute Gasteiger partial charge is 0.255 e. The lowest BCUT2D eigenvalue weighted by molar-refractivity contribution is 1.05. The molecule has 4 heteroatoms. The standard InChI is InChI=1S/2C8H6N2/c1-3-7-8(9-5-1)4-2-6-10-7;1-2-4-8-6-10-9-5-7(8)3-1/h2*1-6H. The second-order valence-corrected chi connectivity index (χ2v) is 4.16. The van der Waals surface area contributed by atoms with E-state index in [1.807, 2.05) is 48.5 Å². The number of aromatic nitrogens is 4. The van der Waals surface area contributed by atoms with Gasteiger partial charge in [-0.1, -0.05) is 24.3 Å². The van der Waals surface area contributed by atoms with Crippen LogP contribution in [-0.4, -0.2) is 20.2 Å². The molecule has 0 amide bonds. The van der Waals surface area contributed by atoms with Gasteiger partial charge in [0.25, 0.3) is 0 Å². The Balaban J connectivity index is 0.000000121. The highest BCUT2D eigenvalue weighted by Gasteiger charge is 1.88. The molecular weight excluding hydrogens is 248 g/mol. The van der Waals surface area contributed by atoms with Gasteiger partial charge in [-0.3, -0.25) is 9.97 Å². The summed E-state index contributed by atoms with van der Waals surface area (Å²) in [4.78, 5) is 8.24. The Labute approximate surface area is 116 Å². The summed E-state index contributed by atoms with van der Waals surface area (Å²) in [7, 11) is 0. The molecule has 4 aromatic rings.